The zero-order chi connectivity index (χ0) is 14.3. The summed E-state index contributed by atoms with van der Waals surface area (Å²) in [6.07, 6.45) is 1.70. The molecule has 19 heavy (non-hydrogen) atoms. The molecule has 0 atom stereocenters. The zero-order valence-corrected chi connectivity index (χ0v) is 11.8. The van der Waals surface area contributed by atoms with Gasteiger partial charge < -0.3 is 14.6 Å². The summed E-state index contributed by atoms with van der Waals surface area (Å²) in [5.74, 6) is 0.564. The fourth-order valence-electron chi connectivity index (χ4n) is 2.11. The lowest BCUT2D eigenvalue weighted by Crippen LogP contribution is -2.31. The number of para-hydroxylation sites is 2. The van der Waals surface area contributed by atoms with Crippen molar-refractivity contribution in [3.63, 3.8) is 0 Å². The van der Waals surface area contributed by atoms with Crippen molar-refractivity contribution in [2.75, 3.05) is 13.7 Å². The smallest absolute Gasteiger partial charge is 0.309 e. The number of hydrogen-bond acceptors (Lipinski definition) is 3. The van der Waals surface area contributed by atoms with E-state index >= 15 is 0 Å². The van der Waals surface area contributed by atoms with Crippen molar-refractivity contribution in [1.82, 2.24) is 0 Å². The third-order valence-electron chi connectivity index (χ3n) is 3.71. The third kappa shape index (κ3) is 3.63. The average Bonchev–Trinajstić information content (AvgIpc) is 2.44. The van der Waals surface area contributed by atoms with E-state index in [9.17, 15) is 9.90 Å². The summed E-state index contributed by atoms with van der Waals surface area (Å²) in [4.78, 5) is 11.4. The first kappa shape index (κ1) is 15.3. The molecule has 0 fully saturated rings. The maximum atomic E-state index is 11.4. The van der Waals surface area contributed by atoms with Crippen molar-refractivity contribution >= 4 is 5.97 Å². The minimum absolute atomic E-state index is 0.369. The molecular formula is C15H22O4. The number of aliphatic carboxylic acids is 1. The lowest BCUT2D eigenvalue weighted by atomic mass is 9.79. The molecule has 1 aromatic carbocycles. The summed E-state index contributed by atoms with van der Waals surface area (Å²) in [5.41, 5.74) is -0.692. The van der Waals surface area contributed by atoms with Crippen LogP contribution >= 0.6 is 0 Å². The number of benzene rings is 1. The second-order valence-electron chi connectivity index (χ2n) is 4.54. The van der Waals surface area contributed by atoms with E-state index in [1.165, 1.54) is 0 Å². The molecule has 0 unspecified atom stereocenters. The molecule has 4 nitrogen and oxygen atoms in total. The first-order valence-corrected chi connectivity index (χ1v) is 6.59. The van der Waals surface area contributed by atoms with E-state index in [4.69, 9.17) is 9.47 Å². The molecule has 106 valence electrons. The highest BCUT2D eigenvalue weighted by Gasteiger charge is 2.34. The van der Waals surface area contributed by atoms with Gasteiger partial charge in [0.15, 0.2) is 11.5 Å². The van der Waals surface area contributed by atoms with E-state index in [0.717, 1.165) is 0 Å². The molecule has 0 aromatic heterocycles. The normalized spacial score (nSPS) is 11.1. The fourth-order valence-corrected chi connectivity index (χ4v) is 2.11. The molecule has 0 amide bonds. The van der Waals surface area contributed by atoms with Gasteiger partial charge in [-0.3, -0.25) is 4.79 Å². The van der Waals surface area contributed by atoms with Crippen molar-refractivity contribution < 1.29 is 19.4 Å². The van der Waals surface area contributed by atoms with Gasteiger partial charge in [-0.2, -0.15) is 0 Å². The first-order chi connectivity index (χ1) is 9.09. The van der Waals surface area contributed by atoms with Crippen LogP contribution in [0.1, 0.15) is 33.1 Å². The molecule has 0 spiro atoms. The summed E-state index contributed by atoms with van der Waals surface area (Å²) in [6.45, 7) is 4.18. The molecule has 4 heteroatoms. The third-order valence-corrected chi connectivity index (χ3v) is 3.71. The molecule has 0 aliphatic carbocycles. The SMILES string of the molecule is CCC(CC)(CCOc1ccccc1OC)C(=O)O. The van der Waals surface area contributed by atoms with Gasteiger partial charge in [-0.05, 0) is 31.4 Å². The van der Waals surface area contributed by atoms with Crippen LogP contribution in [0.4, 0.5) is 0 Å². The standard InChI is InChI=1S/C15H22O4/c1-4-15(5-2,14(16)17)10-11-19-13-9-7-6-8-12(13)18-3/h6-9H,4-5,10-11H2,1-3H3,(H,16,17). The van der Waals surface area contributed by atoms with Crippen LogP contribution in [0.5, 0.6) is 11.5 Å². The maximum Gasteiger partial charge on any atom is 0.309 e. The molecular weight excluding hydrogens is 244 g/mol. The Morgan fingerprint density at radius 3 is 2.26 bits per heavy atom. The van der Waals surface area contributed by atoms with E-state index in [2.05, 4.69) is 0 Å². The molecule has 0 aliphatic rings. The minimum atomic E-state index is -0.749. The van der Waals surface area contributed by atoms with Crippen molar-refractivity contribution in [2.45, 2.75) is 33.1 Å². The summed E-state index contributed by atoms with van der Waals surface area (Å²) >= 11 is 0. The predicted molar refractivity (Wildman–Crippen MR) is 73.8 cm³/mol. The molecule has 0 radical (unpaired) electrons. The molecule has 0 aliphatic heterocycles. The van der Waals surface area contributed by atoms with Gasteiger partial charge in [-0.15, -0.1) is 0 Å². The molecule has 0 heterocycles. The Morgan fingerprint density at radius 2 is 1.79 bits per heavy atom. The molecule has 1 aromatic rings. The Bertz CT molecular complexity index is 410. The van der Waals surface area contributed by atoms with Gasteiger partial charge in [0.2, 0.25) is 0 Å². The van der Waals surface area contributed by atoms with E-state index in [-0.39, 0.29) is 0 Å². The van der Waals surface area contributed by atoms with E-state index in [0.29, 0.717) is 37.4 Å². The quantitative estimate of drug-likeness (QED) is 0.784. The monoisotopic (exact) mass is 266 g/mol. The van der Waals surface area contributed by atoms with Crippen LogP contribution in [0.2, 0.25) is 0 Å². The molecule has 0 saturated heterocycles. The largest absolute Gasteiger partial charge is 0.493 e. The maximum absolute atomic E-state index is 11.4. The van der Waals surface area contributed by atoms with E-state index in [1.807, 2.05) is 38.1 Å². The summed E-state index contributed by atoms with van der Waals surface area (Å²) in [6, 6.07) is 7.37. The minimum Gasteiger partial charge on any atom is -0.493 e. The van der Waals surface area contributed by atoms with Crippen molar-refractivity contribution in [2.24, 2.45) is 5.41 Å². The van der Waals surface area contributed by atoms with Crippen LogP contribution in [-0.4, -0.2) is 24.8 Å². The Hall–Kier alpha value is -1.71. The number of methoxy groups -OCH3 is 1. The summed E-state index contributed by atoms with van der Waals surface area (Å²) < 4.78 is 10.8. The number of carboxylic acid groups (broad SMARTS) is 1. The number of carbonyl (C=O) groups is 1. The topological polar surface area (TPSA) is 55.8 Å². The lowest BCUT2D eigenvalue weighted by Gasteiger charge is -2.26. The molecule has 0 bridgehead atoms. The Balaban J connectivity index is 2.64. The fraction of sp³-hybridized carbons (Fsp3) is 0.533. The highest BCUT2D eigenvalue weighted by atomic mass is 16.5. The van der Waals surface area contributed by atoms with Crippen molar-refractivity contribution in [1.29, 1.82) is 0 Å². The van der Waals surface area contributed by atoms with Gasteiger partial charge in [-0.1, -0.05) is 26.0 Å². The van der Waals surface area contributed by atoms with Gasteiger partial charge in [0.25, 0.3) is 0 Å². The van der Waals surface area contributed by atoms with E-state index in [1.54, 1.807) is 7.11 Å². The van der Waals surface area contributed by atoms with Gasteiger partial charge in [0.05, 0.1) is 19.1 Å². The highest BCUT2D eigenvalue weighted by molar-refractivity contribution is 5.74. The summed E-state index contributed by atoms with van der Waals surface area (Å²) in [7, 11) is 1.59. The van der Waals surface area contributed by atoms with Gasteiger partial charge >= 0.3 is 5.97 Å². The van der Waals surface area contributed by atoms with Crippen LogP contribution in [0.25, 0.3) is 0 Å². The average molecular weight is 266 g/mol. The Labute approximate surface area is 114 Å². The number of ether oxygens (including phenoxy) is 2. The van der Waals surface area contributed by atoms with Crippen molar-refractivity contribution in [3.05, 3.63) is 24.3 Å². The van der Waals surface area contributed by atoms with Crippen LogP contribution in [0, 0.1) is 5.41 Å². The van der Waals surface area contributed by atoms with Crippen LogP contribution < -0.4 is 9.47 Å². The predicted octanol–water partition coefficient (Wildman–Crippen LogP) is 3.36. The zero-order valence-electron chi connectivity index (χ0n) is 11.8. The second-order valence-corrected chi connectivity index (χ2v) is 4.54. The molecule has 1 rings (SSSR count). The highest BCUT2D eigenvalue weighted by Crippen LogP contribution is 2.32. The van der Waals surface area contributed by atoms with Gasteiger partial charge in [0, 0.05) is 0 Å². The Kier molecular flexibility index (Phi) is 5.67. The van der Waals surface area contributed by atoms with Crippen LogP contribution in [0.15, 0.2) is 24.3 Å². The second kappa shape index (κ2) is 7.02. The number of carboxylic acids is 1. The Morgan fingerprint density at radius 1 is 1.21 bits per heavy atom. The van der Waals surface area contributed by atoms with E-state index < -0.39 is 11.4 Å². The summed E-state index contributed by atoms with van der Waals surface area (Å²) in [5, 5.41) is 9.34. The molecule has 0 saturated carbocycles. The van der Waals surface area contributed by atoms with Gasteiger partial charge in [0.1, 0.15) is 0 Å². The van der Waals surface area contributed by atoms with Crippen LogP contribution in [-0.2, 0) is 4.79 Å². The first-order valence-electron chi connectivity index (χ1n) is 6.59. The van der Waals surface area contributed by atoms with Crippen LogP contribution in [0.3, 0.4) is 0 Å². The number of rotatable bonds is 8. The van der Waals surface area contributed by atoms with Crippen molar-refractivity contribution in [3.8, 4) is 11.5 Å². The lowest BCUT2D eigenvalue weighted by molar-refractivity contribution is -0.150. The molecule has 1 N–H and O–H groups in total. The van der Waals surface area contributed by atoms with Gasteiger partial charge in [-0.25, -0.2) is 0 Å². The number of hydrogen-bond donors (Lipinski definition) is 1.